The SMILES string of the molecule is CCNc1nccc(NCC2CCCC(C)C2)n1. The lowest BCUT2D eigenvalue weighted by Crippen LogP contribution is -2.21. The number of aromatic nitrogens is 2. The molecule has 0 aliphatic heterocycles. The van der Waals surface area contributed by atoms with Crippen molar-refractivity contribution in [1.29, 1.82) is 0 Å². The molecule has 0 amide bonds. The van der Waals surface area contributed by atoms with Crippen LogP contribution in [0, 0.1) is 11.8 Å². The van der Waals surface area contributed by atoms with Crippen LogP contribution in [0.1, 0.15) is 39.5 Å². The van der Waals surface area contributed by atoms with Crippen molar-refractivity contribution in [3.05, 3.63) is 12.3 Å². The molecule has 1 aromatic rings. The Morgan fingerprint density at radius 1 is 1.33 bits per heavy atom. The first-order chi connectivity index (χ1) is 8.78. The fourth-order valence-corrected chi connectivity index (χ4v) is 2.69. The molecule has 0 radical (unpaired) electrons. The van der Waals surface area contributed by atoms with E-state index >= 15 is 0 Å². The van der Waals surface area contributed by atoms with E-state index in [0.29, 0.717) is 5.95 Å². The quantitative estimate of drug-likeness (QED) is 0.840. The van der Waals surface area contributed by atoms with Gasteiger partial charge in [-0.3, -0.25) is 0 Å². The lowest BCUT2D eigenvalue weighted by Gasteiger charge is -2.26. The first kappa shape index (κ1) is 13.1. The third kappa shape index (κ3) is 3.86. The van der Waals surface area contributed by atoms with E-state index in [-0.39, 0.29) is 0 Å². The van der Waals surface area contributed by atoms with E-state index in [4.69, 9.17) is 0 Å². The van der Waals surface area contributed by atoms with E-state index in [2.05, 4.69) is 27.5 Å². The Morgan fingerprint density at radius 3 is 3.00 bits per heavy atom. The number of hydrogen-bond acceptors (Lipinski definition) is 4. The summed E-state index contributed by atoms with van der Waals surface area (Å²) >= 11 is 0. The zero-order chi connectivity index (χ0) is 12.8. The molecule has 2 atom stereocenters. The third-order valence-electron chi connectivity index (χ3n) is 3.61. The largest absolute Gasteiger partial charge is 0.370 e. The Hall–Kier alpha value is -1.32. The highest BCUT2D eigenvalue weighted by molar-refractivity contribution is 5.39. The van der Waals surface area contributed by atoms with Gasteiger partial charge in [0.25, 0.3) is 0 Å². The average molecular weight is 248 g/mol. The van der Waals surface area contributed by atoms with E-state index in [1.807, 2.05) is 13.0 Å². The number of rotatable bonds is 5. The Morgan fingerprint density at radius 2 is 2.22 bits per heavy atom. The summed E-state index contributed by atoms with van der Waals surface area (Å²) in [5, 5.41) is 6.57. The van der Waals surface area contributed by atoms with Gasteiger partial charge in [0.2, 0.25) is 5.95 Å². The van der Waals surface area contributed by atoms with Crippen molar-refractivity contribution in [3.8, 4) is 0 Å². The predicted octanol–water partition coefficient (Wildman–Crippen LogP) is 3.15. The van der Waals surface area contributed by atoms with Crippen molar-refractivity contribution >= 4 is 11.8 Å². The van der Waals surface area contributed by atoms with Gasteiger partial charge in [0.15, 0.2) is 0 Å². The van der Waals surface area contributed by atoms with Gasteiger partial charge in [-0.1, -0.05) is 19.8 Å². The molecule has 0 bridgehead atoms. The molecule has 0 saturated heterocycles. The van der Waals surface area contributed by atoms with Crippen LogP contribution in [0.25, 0.3) is 0 Å². The predicted molar refractivity (Wildman–Crippen MR) is 75.8 cm³/mol. The van der Waals surface area contributed by atoms with Crippen molar-refractivity contribution in [1.82, 2.24) is 9.97 Å². The average Bonchev–Trinajstić information content (AvgIpc) is 2.37. The summed E-state index contributed by atoms with van der Waals surface area (Å²) in [4.78, 5) is 8.61. The van der Waals surface area contributed by atoms with Crippen LogP contribution >= 0.6 is 0 Å². The third-order valence-corrected chi connectivity index (χ3v) is 3.61. The fourth-order valence-electron chi connectivity index (χ4n) is 2.69. The van der Waals surface area contributed by atoms with Crippen molar-refractivity contribution in [2.45, 2.75) is 39.5 Å². The van der Waals surface area contributed by atoms with Crippen LogP contribution in [0.2, 0.25) is 0 Å². The molecule has 1 aliphatic rings. The Balaban J connectivity index is 1.83. The second-order valence-electron chi connectivity index (χ2n) is 5.31. The summed E-state index contributed by atoms with van der Waals surface area (Å²) in [6.07, 6.45) is 7.27. The van der Waals surface area contributed by atoms with Gasteiger partial charge in [-0.2, -0.15) is 4.98 Å². The van der Waals surface area contributed by atoms with E-state index in [0.717, 1.165) is 30.7 Å². The molecule has 2 N–H and O–H groups in total. The smallest absolute Gasteiger partial charge is 0.224 e. The van der Waals surface area contributed by atoms with Crippen LogP contribution in [-0.2, 0) is 0 Å². The molecule has 0 aromatic carbocycles. The molecule has 2 rings (SSSR count). The monoisotopic (exact) mass is 248 g/mol. The molecule has 4 nitrogen and oxygen atoms in total. The van der Waals surface area contributed by atoms with Gasteiger partial charge in [-0.05, 0) is 37.7 Å². The van der Waals surface area contributed by atoms with Crippen molar-refractivity contribution in [2.24, 2.45) is 11.8 Å². The maximum Gasteiger partial charge on any atom is 0.224 e. The minimum Gasteiger partial charge on any atom is -0.370 e. The first-order valence-electron chi connectivity index (χ1n) is 7.08. The van der Waals surface area contributed by atoms with Crippen LogP contribution in [0.3, 0.4) is 0 Å². The molecule has 0 spiro atoms. The van der Waals surface area contributed by atoms with Crippen molar-refractivity contribution < 1.29 is 0 Å². The molecule has 1 heterocycles. The number of hydrogen-bond donors (Lipinski definition) is 2. The summed E-state index contributed by atoms with van der Waals surface area (Å²) in [5.74, 6) is 3.32. The van der Waals surface area contributed by atoms with E-state index in [9.17, 15) is 0 Å². The topological polar surface area (TPSA) is 49.8 Å². The van der Waals surface area contributed by atoms with Gasteiger partial charge in [0.1, 0.15) is 5.82 Å². The van der Waals surface area contributed by atoms with Crippen LogP contribution in [0.15, 0.2) is 12.3 Å². The Labute approximate surface area is 110 Å². The van der Waals surface area contributed by atoms with Crippen molar-refractivity contribution in [3.63, 3.8) is 0 Å². The number of nitrogens with zero attached hydrogens (tertiary/aromatic N) is 2. The maximum atomic E-state index is 4.43. The summed E-state index contributed by atoms with van der Waals surface area (Å²) < 4.78 is 0. The van der Waals surface area contributed by atoms with Gasteiger partial charge >= 0.3 is 0 Å². The standard InChI is InChI=1S/C14H24N4/c1-3-15-14-16-8-7-13(18-14)17-10-12-6-4-5-11(2)9-12/h7-8,11-12H,3-6,9-10H2,1-2H3,(H2,15,16,17,18). The molecule has 1 fully saturated rings. The minimum absolute atomic E-state index is 0.708. The lowest BCUT2D eigenvalue weighted by molar-refractivity contribution is 0.293. The molecule has 100 valence electrons. The van der Waals surface area contributed by atoms with Crippen LogP contribution < -0.4 is 10.6 Å². The van der Waals surface area contributed by atoms with Crippen molar-refractivity contribution in [2.75, 3.05) is 23.7 Å². The maximum absolute atomic E-state index is 4.43. The molecular formula is C14H24N4. The highest BCUT2D eigenvalue weighted by Crippen LogP contribution is 2.28. The molecule has 1 aliphatic carbocycles. The second-order valence-corrected chi connectivity index (χ2v) is 5.31. The van der Waals surface area contributed by atoms with E-state index < -0.39 is 0 Å². The van der Waals surface area contributed by atoms with Crippen LogP contribution in [0.5, 0.6) is 0 Å². The van der Waals surface area contributed by atoms with Gasteiger partial charge < -0.3 is 10.6 Å². The Bertz CT molecular complexity index is 367. The Kier molecular flexibility index (Phi) is 4.79. The molecular weight excluding hydrogens is 224 g/mol. The first-order valence-corrected chi connectivity index (χ1v) is 7.08. The van der Waals surface area contributed by atoms with E-state index in [1.165, 1.54) is 25.7 Å². The molecule has 1 aromatic heterocycles. The van der Waals surface area contributed by atoms with Gasteiger partial charge in [-0.15, -0.1) is 0 Å². The zero-order valence-electron chi connectivity index (χ0n) is 11.4. The fraction of sp³-hybridized carbons (Fsp3) is 0.714. The van der Waals surface area contributed by atoms with E-state index in [1.54, 1.807) is 6.20 Å². The molecule has 18 heavy (non-hydrogen) atoms. The highest BCUT2D eigenvalue weighted by atomic mass is 15.1. The van der Waals surface area contributed by atoms with Gasteiger partial charge in [0.05, 0.1) is 0 Å². The summed E-state index contributed by atoms with van der Waals surface area (Å²) in [6.45, 7) is 6.30. The zero-order valence-corrected chi connectivity index (χ0v) is 11.4. The molecule has 4 heteroatoms. The van der Waals surface area contributed by atoms with Gasteiger partial charge in [0, 0.05) is 19.3 Å². The number of nitrogens with one attached hydrogen (secondary N) is 2. The molecule has 1 saturated carbocycles. The van der Waals surface area contributed by atoms with Crippen LogP contribution in [-0.4, -0.2) is 23.1 Å². The van der Waals surface area contributed by atoms with Crippen LogP contribution in [0.4, 0.5) is 11.8 Å². The minimum atomic E-state index is 0.708. The summed E-state index contributed by atoms with van der Waals surface area (Å²) in [6, 6.07) is 1.94. The second kappa shape index (κ2) is 6.57. The normalized spacial score (nSPS) is 23.7. The van der Waals surface area contributed by atoms with Gasteiger partial charge in [-0.25, -0.2) is 4.98 Å². The summed E-state index contributed by atoms with van der Waals surface area (Å²) in [5.41, 5.74) is 0. The number of anilines is 2. The summed E-state index contributed by atoms with van der Waals surface area (Å²) in [7, 11) is 0. The highest BCUT2D eigenvalue weighted by Gasteiger charge is 2.18. The lowest BCUT2D eigenvalue weighted by atomic mass is 9.82. The molecule has 2 unspecified atom stereocenters.